The van der Waals surface area contributed by atoms with Crippen LogP contribution in [-0.2, 0) is 0 Å². The van der Waals surface area contributed by atoms with Gasteiger partial charge in [-0.25, -0.2) is 9.18 Å². The zero-order valence-electron chi connectivity index (χ0n) is 11.2. The number of halogens is 2. The molecule has 0 heterocycles. The van der Waals surface area contributed by atoms with E-state index in [-0.39, 0.29) is 31.6 Å². The van der Waals surface area contributed by atoms with Crippen molar-refractivity contribution in [2.45, 2.75) is 6.92 Å². The lowest BCUT2D eigenvalue weighted by molar-refractivity contribution is 0.252. The summed E-state index contributed by atoms with van der Waals surface area (Å²) in [5.41, 5.74) is 6.34. The minimum Gasteiger partial charge on any atom is -0.489 e. The predicted octanol–water partition coefficient (Wildman–Crippen LogP) is 2.44. The summed E-state index contributed by atoms with van der Waals surface area (Å²) in [5, 5.41) is 5.28. The molecule has 1 rings (SSSR count). The molecule has 1 aromatic rings. The van der Waals surface area contributed by atoms with Gasteiger partial charge in [-0.05, 0) is 31.2 Å². The van der Waals surface area contributed by atoms with Crippen molar-refractivity contribution >= 4 is 24.1 Å². The van der Waals surface area contributed by atoms with E-state index < -0.39 is 0 Å². The number of rotatable bonds is 6. The summed E-state index contributed by atoms with van der Waals surface area (Å²) in [6, 6.07) is 6.52. The fraction of sp³-hybridized carbons (Fsp3) is 0.308. The number of anilines is 1. The van der Waals surface area contributed by atoms with Crippen molar-refractivity contribution in [1.82, 2.24) is 5.32 Å². The molecular formula is C13H19ClFN3O2. The third-order valence-corrected chi connectivity index (χ3v) is 2.29. The van der Waals surface area contributed by atoms with Gasteiger partial charge in [-0.1, -0.05) is 0 Å². The van der Waals surface area contributed by atoms with Gasteiger partial charge in [0.1, 0.15) is 12.4 Å². The van der Waals surface area contributed by atoms with E-state index in [0.29, 0.717) is 29.9 Å². The van der Waals surface area contributed by atoms with E-state index in [2.05, 4.69) is 10.6 Å². The number of ether oxygens (including phenoxy) is 1. The summed E-state index contributed by atoms with van der Waals surface area (Å²) >= 11 is 0. The Labute approximate surface area is 123 Å². The number of hydrogen-bond acceptors (Lipinski definition) is 3. The predicted molar refractivity (Wildman–Crippen MR) is 80.1 cm³/mol. The van der Waals surface area contributed by atoms with Gasteiger partial charge in [-0.2, -0.15) is 0 Å². The van der Waals surface area contributed by atoms with Crippen LogP contribution in [0.15, 0.2) is 36.2 Å². The molecule has 0 radical (unpaired) electrons. The SMILES string of the molecule is CCNC(=O)Nc1ccc(OC/C(=C/F)CN)cc1.Cl. The van der Waals surface area contributed by atoms with Gasteiger partial charge in [0.15, 0.2) is 0 Å². The molecule has 0 saturated heterocycles. The summed E-state index contributed by atoms with van der Waals surface area (Å²) < 4.78 is 17.6. The van der Waals surface area contributed by atoms with Crippen molar-refractivity contribution in [3.63, 3.8) is 0 Å². The Morgan fingerprint density at radius 2 is 2.05 bits per heavy atom. The van der Waals surface area contributed by atoms with Gasteiger partial charge in [0.05, 0.1) is 6.33 Å². The second-order valence-electron chi connectivity index (χ2n) is 3.77. The smallest absolute Gasteiger partial charge is 0.319 e. The third kappa shape index (κ3) is 6.40. The normalized spacial score (nSPS) is 10.4. The highest BCUT2D eigenvalue weighted by atomic mass is 35.5. The van der Waals surface area contributed by atoms with Crippen LogP contribution in [0.5, 0.6) is 5.75 Å². The van der Waals surface area contributed by atoms with Crippen molar-refractivity contribution in [3.05, 3.63) is 36.2 Å². The fourth-order valence-corrected chi connectivity index (χ4v) is 1.28. The Hall–Kier alpha value is -1.79. The fourth-order valence-electron chi connectivity index (χ4n) is 1.28. The monoisotopic (exact) mass is 303 g/mol. The third-order valence-electron chi connectivity index (χ3n) is 2.29. The van der Waals surface area contributed by atoms with Crippen molar-refractivity contribution in [2.24, 2.45) is 5.73 Å². The van der Waals surface area contributed by atoms with Crippen LogP contribution in [0.2, 0.25) is 0 Å². The highest BCUT2D eigenvalue weighted by Crippen LogP contribution is 2.16. The zero-order chi connectivity index (χ0) is 14.1. The molecule has 0 aliphatic carbocycles. The number of carbonyl (C=O) groups excluding carboxylic acids is 1. The molecule has 20 heavy (non-hydrogen) atoms. The first-order valence-electron chi connectivity index (χ1n) is 5.95. The highest BCUT2D eigenvalue weighted by Gasteiger charge is 2.01. The van der Waals surface area contributed by atoms with Crippen LogP contribution in [0, 0.1) is 0 Å². The molecule has 1 aromatic carbocycles. The van der Waals surface area contributed by atoms with E-state index >= 15 is 0 Å². The second-order valence-corrected chi connectivity index (χ2v) is 3.77. The van der Waals surface area contributed by atoms with Crippen LogP contribution in [0.4, 0.5) is 14.9 Å². The van der Waals surface area contributed by atoms with Gasteiger partial charge in [0.25, 0.3) is 0 Å². The molecule has 112 valence electrons. The second kappa shape index (κ2) is 10.1. The van der Waals surface area contributed by atoms with Gasteiger partial charge in [-0.3, -0.25) is 0 Å². The van der Waals surface area contributed by atoms with Gasteiger partial charge in [0, 0.05) is 24.4 Å². The molecule has 0 atom stereocenters. The Morgan fingerprint density at radius 3 is 2.55 bits per heavy atom. The summed E-state index contributed by atoms with van der Waals surface area (Å²) in [6.45, 7) is 2.62. The molecule has 0 unspecified atom stereocenters. The number of carbonyl (C=O) groups is 1. The zero-order valence-corrected chi connectivity index (χ0v) is 12.0. The molecule has 5 nitrogen and oxygen atoms in total. The lowest BCUT2D eigenvalue weighted by Gasteiger charge is -2.09. The standard InChI is InChI=1S/C13H18FN3O2.ClH/c1-2-16-13(18)17-11-3-5-12(6-4-11)19-9-10(7-14)8-15;/h3-7H,2,8-9,15H2,1H3,(H2,16,17,18);1H/b10-7+;. The number of nitrogens with two attached hydrogens (primary N) is 1. The molecule has 0 fully saturated rings. The Morgan fingerprint density at radius 1 is 1.40 bits per heavy atom. The van der Waals surface area contributed by atoms with Gasteiger partial charge in [-0.15, -0.1) is 12.4 Å². The number of nitrogens with one attached hydrogen (secondary N) is 2. The van der Waals surface area contributed by atoms with Crippen LogP contribution in [-0.4, -0.2) is 25.7 Å². The molecule has 0 spiro atoms. The first-order chi connectivity index (χ1) is 9.19. The number of amides is 2. The largest absolute Gasteiger partial charge is 0.489 e. The summed E-state index contributed by atoms with van der Waals surface area (Å²) in [7, 11) is 0. The number of urea groups is 1. The number of hydrogen-bond donors (Lipinski definition) is 3. The number of benzene rings is 1. The average Bonchev–Trinajstić information content (AvgIpc) is 2.42. The molecule has 0 aromatic heterocycles. The topological polar surface area (TPSA) is 76.4 Å². The highest BCUT2D eigenvalue weighted by molar-refractivity contribution is 5.89. The quantitative estimate of drug-likeness (QED) is 0.755. The van der Waals surface area contributed by atoms with E-state index in [1.54, 1.807) is 24.3 Å². The molecule has 0 aliphatic heterocycles. The Bertz CT molecular complexity index is 438. The van der Waals surface area contributed by atoms with Gasteiger partial charge >= 0.3 is 6.03 Å². The van der Waals surface area contributed by atoms with Gasteiger partial charge in [0.2, 0.25) is 0 Å². The molecule has 7 heteroatoms. The summed E-state index contributed by atoms with van der Waals surface area (Å²) in [6.07, 6.45) is 0.449. The maximum Gasteiger partial charge on any atom is 0.319 e. The molecule has 0 bridgehead atoms. The van der Waals surface area contributed by atoms with E-state index in [4.69, 9.17) is 10.5 Å². The van der Waals surface area contributed by atoms with E-state index in [9.17, 15) is 9.18 Å². The molecule has 0 saturated carbocycles. The van der Waals surface area contributed by atoms with E-state index in [1.165, 1.54) is 0 Å². The molecule has 0 aliphatic rings. The average molecular weight is 304 g/mol. The first kappa shape index (κ1) is 18.2. The van der Waals surface area contributed by atoms with Crippen LogP contribution in [0.1, 0.15) is 6.92 Å². The molecular weight excluding hydrogens is 285 g/mol. The minimum absolute atomic E-state index is 0. The first-order valence-corrected chi connectivity index (χ1v) is 5.95. The lowest BCUT2D eigenvalue weighted by Crippen LogP contribution is -2.28. The molecule has 2 amide bonds. The maximum atomic E-state index is 12.3. The Kier molecular flexibility index (Phi) is 9.15. The van der Waals surface area contributed by atoms with Crippen LogP contribution in [0.25, 0.3) is 0 Å². The van der Waals surface area contributed by atoms with Crippen LogP contribution in [0.3, 0.4) is 0 Å². The van der Waals surface area contributed by atoms with E-state index in [0.717, 1.165) is 0 Å². The van der Waals surface area contributed by atoms with Crippen LogP contribution >= 0.6 is 12.4 Å². The summed E-state index contributed by atoms with van der Waals surface area (Å²) in [4.78, 5) is 11.3. The summed E-state index contributed by atoms with van der Waals surface area (Å²) in [5.74, 6) is 0.578. The van der Waals surface area contributed by atoms with Crippen molar-refractivity contribution in [3.8, 4) is 5.75 Å². The van der Waals surface area contributed by atoms with Crippen molar-refractivity contribution in [1.29, 1.82) is 0 Å². The lowest BCUT2D eigenvalue weighted by atomic mass is 10.3. The van der Waals surface area contributed by atoms with Gasteiger partial charge < -0.3 is 21.1 Å². The maximum absolute atomic E-state index is 12.3. The van der Waals surface area contributed by atoms with Crippen molar-refractivity contribution < 1.29 is 13.9 Å². The van der Waals surface area contributed by atoms with E-state index in [1.807, 2.05) is 6.92 Å². The Balaban J connectivity index is 0.00000361. The minimum atomic E-state index is -0.262. The van der Waals surface area contributed by atoms with Crippen molar-refractivity contribution in [2.75, 3.05) is 25.0 Å². The molecule has 4 N–H and O–H groups in total. The van der Waals surface area contributed by atoms with Crippen LogP contribution < -0.4 is 21.1 Å².